The van der Waals surface area contributed by atoms with Crippen LogP contribution in [0.25, 0.3) is 0 Å². The minimum Gasteiger partial charge on any atom is -0.468 e. The van der Waals surface area contributed by atoms with Crippen LogP contribution in [0.4, 0.5) is 0 Å². The molecule has 1 aliphatic rings. The molecule has 1 rings (SSSR count). The van der Waals surface area contributed by atoms with Crippen molar-refractivity contribution in [3.63, 3.8) is 0 Å². The van der Waals surface area contributed by atoms with Crippen molar-refractivity contribution >= 4 is 5.97 Å². The number of carbonyl (C=O) groups excluding carboxylic acids is 1. The van der Waals surface area contributed by atoms with Crippen LogP contribution in [0.3, 0.4) is 0 Å². The van der Waals surface area contributed by atoms with Crippen molar-refractivity contribution in [3.8, 4) is 0 Å². The molecule has 1 unspecified atom stereocenters. The summed E-state index contributed by atoms with van der Waals surface area (Å²) in [6.45, 7) is 4.81. The second-order valence-electron chi connectivity index (χ2n) is 6.17. The van der Waals surface area contributed by atoms with E-state index in [9.17, 15) is 9.90 Å². The fraction of sp³-hybridized carbons (Fsp3) is 0.938. The third kappa shape index (κ3) is 5.41. The summed E-state index contributed by atoms with van der Waals surface area (Å²) in [4.78, 5) is 11.7. The Bertz CT molecular complexity index is 285. The molecular weight excluding hydrogens is 254 g/mol. The Morgan fingerprint density at radius 1 is 1.40 bits per heavy atom. The highest BCUT2D eigenvalue weighted by molar-refractivity contribution is 5.75. The van der Waals surface area contributed by atoms with Crippen molar-refractivity contribution in [3.05, 3.63) is 0 Å². The van der Waals surface area contributed by atoms with Gasteiger partial charge in [0.05, 0.1) is 12.7 Å². The van der Waals surface area contributed by atoms with E-state index in [1.54, 1.807) is 0 Å². The van der Waals surface area contributed by atoms with Gasteiger partial charge in [-0.05, 0) is 38.0 Å². The number of aliphatic hydroxyl groups is 1. The number of nitrogens with one attached hydrogen (secondary N) is 1. The van der Waals surface area contributed by atoms with Crippen molar-refractivity contribution < 1.29 is 14.6 Å². The van der Waals surface area contributed by atoms with E-state index in [0.717, 1.165) is 50.9 Å². The minimum absolute atomic E-state index is 0.218. The molecule has 118 valence electrons. The Morgan fingerprint density at radius 2 is 2.05 bits per heavy atom. The van der Waals surface area contributed by atoms with Crippen LogP contribution in [0.5, 0.6) is 0 Å². The van der Waals surface area contributed by atoms with Crippen molar-refractivity contribution in [2.45, 2.75) is 76.9 Å². The Kier molecular flexibility index (Phi) is 7.52. The second kappa shape index (κ2) is 8.63. The average Bonchev–Trinajstić information content (AvgIpc) is 2.47. The number of carbonyl (C=O) groups is 1. The number of ether oxygens (including phenoxy) is 1. The third-order valence-electron chi connectivity index (χ3n) is 4.62. The first-order chi connectivity index (χ1) is 9.54. The summed E-state index contributed by atoms with van der Waals surface area (Å²) in [7, 11) is 1.42. The van der Waals surface area contributed by atoms with Crippen LogP contribution in [0.1, 0.15) is 65.2 Å². The molecule has 1 atom stereocenters. The van der Waals surface area contributed by atoms with Gasteiger partial charge in [0.2, 0.25) is 0 Å². The van der Waals surface area contributed by atoms with Gasteiger partial charge in [-0.3, -0.25) is 4.79 Å². The summed E-state index contributed by atoms with van der Waals surface area (Å²) in [6.07, 6.45) is 7.86. The zero-order valence-corrected chi connectivity index (χ0v) is 13.3. The number of methoxy groups -OCH3 is 1. The monoisotopic (exact) mass is 285 g/mol. The Labute approximate surface area is 123 Å². The molecule has 1 fully saturated rings. The number of unbranched alkanes of at least 4 members (excludes halogenated alkanes) is 1. The predicted octanol–water partition coefficient (Wildman–Crippen LogP) is 2.64. The van der Waals surface area contributed by atoms with Crippen LogP contribution in [0.2, 0.25) is 0 Å². The maximum Gasteiger partial charge on any atom is 0.322 e. The van der Waals surface area contributed by atoms with Crippen LogP contribution in [0.15, 0.2) is 0 Å². The first-order valence-corrected chi connectivity index (χ1v) is 8.08. The molecule has 4 nitrogen and oxygen atoms in total. The fourth-order valence-corrected chi connectivity index (χ4v) is 2.97. The summed E-state index contributed by atoms with van der Waals surface area (Å²) in [5.41, 5.74) is -0.649. The van der Waals surface area contributed by atoms with Gasteiger partial charge in [0, 0.05) is 6.54 Å². The molecule has 2 N–H and O–H groups in total. The lowest BCUT2D eigenvalue weighted by atomic mass is 9.77. The molecule has 0 aromatic rings. The van der Waals surface area contributed by atoms with E-state index in [4.69, 9.17) is 4.74 Å². The van der Waals surface area contributed by atoms with Crippen LogP contribution in [-0.4, -0.2) is 36.4 Å². The first-order valence-electron chi connectivity index (χ1n) is 8.08. The lowest BCUT2D eigenvalue weighted by Crippen LogP contribution is -2.49. The molecular formula is C16H31NO3. The zero-order chi connectivity index (χ0) is 15.0. The van der Waals surface area contributed by atoms with Gasteiger partial charge in [-0.1, -0.05) is 33.1 Å². The second-order valence-corrected chi connectivity index (χ2v) is 6.17. The topological polar surface area (TPSA) is 58.6 Å². The SMILES string of the molecule is CCCCC(NCC1(O)CCC(CC)CC1)C(=O)OC. The van der Waals surface area contributed by atoms with Crippen LogP contribution in [-0.2, 0) is 9.53 Å². The zero-order valence-electron chi connectivity index (χ0n) is 13.3. The van der Waals surface area contributed by atoms with E-state index in [0.29, 0.717) is 6.54 Å². The molecule has 20 heavy (non-hydrogen) atoms. The Hall–Kier alpha value is -0.610. The van der Waals surface area contributed by atoms with Crippen molar-refractivity contribution in [1.82, 2.24) is 5.32 Å². The maximum atomic E-state index is 11.7. The van der Waals surface area contributed by atoms with Crippen molar-refractivity contribution in [2.75, 3.05) is 13.7 Å². The number of hydrogen-bond donors (Lipinski definition) is 2. The minimum atomic E-state index is -0.649. The molecule has 0 radical (unpaired) electrons. The van der Waals surface area contributed by atoms with E-state index in [1.807, 2.05) is 0 Å². The van der Waals surface area contributed by atoms with Crippen molar-refractivity contribution in [2.24, 2.45) is 5.92 Å². The summed E-state index contributed by atoms with van der Waals surface area (Å²) in [5, 5.41) is 13.8. The highest BCUT2D eigenvalue weighted by Crippen LogP contribution is 2.33. The normalized spacial score (nSPS) is 28.1. The Morgan fingerprint density at radius 3 is 2.55 bits per heavy atom. The molecule has 0 aromatic heterocycles. The van der Waals surface area contributed by atoms with Gasteiger partial charge >= 0.3 is 5.97 Å². The number of esters is 1. The van der Waals surface area contributed by atoms with E-state index in [2.05, 4.69) is 19.2 Å². The molecule has 4 heteroatoms. The molecule has 0 spiro atoms. The van der Waals surface area contributed by atoms with Gasteiger partial charge in [-0.15, -0.1) is 0 Å². The summed E-state index contributed by atoms with van der Waals surface area (Å²) >= 11 is 0. The lowest BCUT2D eigenvalue weighted by Gasteiger charge is -2.36. The standard InChI is InChI=1S/C16H31NO3/c1-4-6-7-14(15(18)20-3)17-12-16(19)10-8-13(5-2)9-11-16/h13-14,17,19H,4-12H2,1-3H3. The maximum absolute atomic E-state index is 11.7. The van der Waals surface area contributed by atoms with Gasteiger partial charge < -0.3 is 15.2 Å². The highest BCUT2D eigenvalue weighted by atomic mass is 16.5. The fourth-order valence-electron chi connectivity index (χ4n) is 2.97. The molecule has 0 bridgehead atoms. The molecule has 0 saturated heterocycles. The summed E-state index contributed by atoms with van der Waals surface area (Å²) in [5.74, 6) is 0.538. The summed E-state index contributed by atoms with van der Waals surface area (Å²) < 4.78 is 4.83. The quantitative estimate of drug-likeness (QED) is 0.673. The third-order valence-corrected chi connectivity index (χ3v) is 4.62. The smallest absolute Gasteiger partial charge is 0.322 e. The molecule has 1 saturated carbocycles. The molecule has 1 aliphatic carbocycles. The predicted molar refractivity (Wildman–Crippen MR) is 80.5 cm³/mol. The lowest BCUT2D eigenvalue weighted by molar-refractivity contribution is -0.143. The summed E-state index contributed by atoms with van der Waals surface area (Å²) in [6, 6.07) is -0.284. The van der Waals surface area contributed by atoms with E-state index in [1.165, 1.54) is 13.5 Å². The van der Waals surface area contributed by atoms with Crippen LogP contribution in [0, 0.1) is 5.92 Å². The number of rotatable bonds is 8. The molecule has 0 heterocycles. The van der Waals surface area contributed by atoms with E-state index < -0.39 is 5.60 Å². The van der Waals surface area contributed by atoms with E-state index in [-0.39, 0.29) is 12.0 Å². The van der Waals surface area contributed by atoms with Crippen LogP contribution < -0.4 is 5.32 Å². The van der Waals surface area contributed by atoms with Crippen molar-refractivity contribution in [1.29, 1.82) is 0 Å². The van der Waals surface area contributed by atoms with Crippen LogP contribution >= 0.6 is 0 Å². The van der Waals surface area contributed by atoms with Gasteiger partial charge in [-0.2, -0.15) is 0 Å². The molecule has 0 aromatic carbocycles. The number of hydrogen-bond acceptors (Lipinski definition) is 4. The van der Waals surface area contributed by atoms with Gasteiger partial charge in [0.25, 0.3) is 0 Å². The average molecular weight is 285 g/mol. The molecule has 0 aliphatic heterocycles. The Balaban J connectivity index is 2.43. The van der Waals surface area contributed by atoms with E-state index >= 15 is 0 Å². The molecule has 0 amide bonds. The van der Waals surface area contributed by atoms with Gasteiger partial charge in [-0.25, -0.2) is 0 Å². The largest absolute Gasteiger partial charge is 0.468 e. The first kappa shape index (κ1) is 17.4. The highest BCUT2D eigenvalue weighted by Gasteiger charge is 2.33. The van der Waals surface area contributed by atoms with Gasteiger partial charge in [0.15, 0.2) is 0 Å². The van der Waals surface area contributed by atoms with Gasteiger partial charge in [0.1, 0.15) is 6.04 Å².